The first kappa shape index (κ1) is 19.8. The predicted octanol–water partition coefficient (Wildman–Crippen LogP) is 4.54. The van der Waals surface area contributed by atoms with E-state index in [2.05, 4.69) is 21.4 Å². The SMILES string of the molecule is CC1(CO)CCc2c(C#N)cc(-c3ccnc(Nc4cc(Cl)cc5c4OCC5)n3)cc21. The smallest absolute Gasteiger partial charge is 0.227 e. The van der Waals surface area contributed by atoms with Crippen LogP contribution < -0.4 is 10.1 Å². The Morgan fingerprint density at radius 3 is 2.97 bits per heavy atom. The van der Waals surface area contributed by atoms with Crippen molar-refractivity contribution in [2.24, 2.45) is 0 Å². The molecule has 0 saturated heterocycles. The molecular formula is C24H21ClN4O2. The van der Waals surface area contributed by atoms with Gasteiger partial charge in [0.15, 0.2) is 0 Å². The normalized spacial score (nSPS) is 18.8. The molecule has 5 rings (SSSR count). The number of aliphatic hydroxyl groups is 1. The largest absolute Gasteiger partial charge is 0.491 e. The van der Waals surface area contributed by atoms with Gasteiger partial charge in [0.25, 0.3) is 0 Å². The average molecular weight is 433 g/mol. The van der Waals surface area contributed by atoms with E-state index in [1.807, 2.05) is 31.2 Å². The number of nitriles is 1. The van der Waals surface area contributed by atoms with Crippen LogP contribution in [0.15, 0.2) is 36.5 Å². The molecule has 0 bridgehead atoms. The molecule has 1 aliphatic heterocycles. The van der Waals surface area contributed by atoms with Crippen LogP contribution in [0.25, 0.3) is 11.3 Å². The number of hydrogen-bond acceptors (Lipinski definition) is 6. The average Bonchev–Trinajstić information content (AvgIpc) is 3.38. The molecule has 2 aromatic carbocycles. The van der Waals surface area contributed by atoms with Crippen LogP contribution in [0.3, 0.4) is 0 Å². The van der Waals surface area contributed by atoms with Crippen LogP contribution in [-0.2, 0) is 18.3 Å². The van der Waals surface area contributed by atoms with Crippen LogP contribution in [0, 0.1) is 11.3 Å². The van der Waals surface area contributed by atoms with Gasteiger partial charge in [0.1, 0.15) is 5.75 Å². The fourth-order valence-corrected chi connectivity index (χ4v) is 4.73. The monoisotopic (exact) mass is 432 g/mol. The van der Waals surface area contributed by atoms with Crippen LogP contribution in [0.5, 0.6) is 5.75 Å². The van der Waals surface area contributed by atoms with Crippen molar-refractivity contribution in [2.45, 2.75) is 31.6 Å². The van der Waals surface area contributed by atoms with E-state index < -0.39 is 0 Å². The third-order valence-corrected chi connectivity index (χ3v) is 6.46. The molecule has 2 aliphatic rings. The zero-order chi connectivity index (χ0) is 21.6. The van der Waals surface area contributed by atoms with E-state index in [1.54, 1.807) is 12.3 Å². The Morgan fingerprint density at radius 2 is 2.16 bits per heavy atom. The number of aromatic nitrogens is 2. The zero-order valence-electron chi connectivity index (χ0n) is 17.1. The minimum atomic E-state index is -0.344. The number of aliphatic hydroxyl groups excluding tert-OH is 1. The van der Waals surface area contributed by atoms with Crippen LogP contribution in [-0.4, -0.2) is 28.3 Å². The van der Waals surface area contributed by atoms with Crippen LogP contribution in [0.4, 0.5) is 11.6 Å². The number of anilines is 2. The van der Waals surface area contributed by atoms with E-state index in [4.69, 9.17) is 16.3 Å². The molecule has 1 unspecified atom stereocenters. The second-order valence-corrected chi connectivity index (χ2v) is 8.75. The minimum Gasteiger partial charge on any atom is -0.491 e. The van der Waals surface area contributed by atoms with Crippen molar-refractivity contribution in [3.05, 3.63) is 63.8 Å². The van der Waals surface area contributed by atoms with Crippen LogP contribution >= 0.6 is 11.6 Å². The molecule has 2 N–H and O–H groups in total. The first-order valence-corrected chi connectivity index (χ1v) is 10.6. The summed E-state index contributed by atoms with van der Waals surface area (Å²) in [5.74, 6) is 1.20. The second-order valence-electron chi connectivity index (χ2n) is 8.31. The van der Waals surface area contributed by atoms with Gasteiger partial charge in [-0.25, -0.2) is 9.97 Å². The van der Waals surface area contributed by atoms with Gasteiger partial charge >= 0.3 is 0 Å². The molecule has 7 heteroatoms. The van der Waals surface area contributed by atoms with Crippen molar-refractivity contribution in [3.63, 3.8) is 0 Å². The molecule has 3 aromatic rings. The van der Waals surface area contributed by atoms with E-state index in [0.29, 0.717) is 28.8 Å². The summed E-state index contributed by atoms with van der Waals surface area (Å²) in [5.41, 5.74) is 5.67. The number of fused-ring (bicyclic) bond motifs is 2. The van der Waals surface area contributed by atoms with Crippen molar-refractivity contribution in [2.75, 3.05) is 18.5 Å². The maximum Gasteiger partial charge on any atom is 0.227 e. The summed E-state index contributed by atoms with van der Waals surface area (Å²) in [7, 11) is 0. The standard InChI is InChI=1S/C24H21ClN4O2/c1-24(13-30)5-2-18-16(12-26)8-15(10-19(18)24)20-3-6-27-23(28-20)29-21-11-17(25)9-14-4-7-31-22(14)21/h3,6,8-11,30H,2,4-5,7,13H2,1H3,(H,27,28,29). The summed E-state index contributed by atoms with van der Waals surface area (Å²) in [5, 5.41) is 23.5. The molecule has 0 saturated carbocycles. The first-order chi connectivity index (χ1) is 15.0. The van der Waals surface area contributed by atoms with E-state index in [0.717, 1.165) is 53.0 Å². The van der Waals surface area contributed by atoms with E-state index in [9.17, 15) is 10.4 Å². The van der Waals surface area contributed by atoms with Crippen LogP contribution in [0.2, 0.25) is 5.02 Å². The van der Waals surface area contributed by atoms with E-state index >= 15 is 0 Å². The number of ether oxygens (including phenoxy) is 1. The Bertz CT molecular complexity index is 1240. The molecule has 31 heavy (non-hydrogen) atoms. The predicted molar refractivity (Wildman–Crippen MR) is 119 cm³/mol. The van der Waals surface area contributed by atoms with Gasteiger partial charge in [-0.3, -0.25) is 0 Å². The molecule has 0 spiro atoms. The third kappa shape index (κ3) is 3.40. The van der Waals surface area contributed by atoms with E-state index in [-0.39, 0.29) is 12.0 Å². The number of nitrogens with zero attached hydrogens (tertiary/aromatic N) is 3. The quantitative estimate of drug-likeness (QED) is 0.628. The first-order valence-electron chi connectivity index (χ1n) is 10.2. The molecule has 156 valence electrons. The lowest BCUT2D eigenvalue weighted by atomic mass is 9.83. The van der Waals surface area contributed by atoms with Crippen molar-refractivity contribution >= 4 is 23.2 Å². The topological polar surface area (TPSA) is 91.1 Å². The Balaban J connectivity index is 1.54. The second kappa shape index (κ2) is 7.52. The summed E-state index contributed by atoms with van der Waals surface area (Å²) in [4.78, 5) is 9.02. The summed E-state index contributed by atoms with van der Waals surface area (Å²) in [6.07, 6.45) is 4.13. The van der Waals surface area contributed by atoms with Gasteiger partial charge in [-0.05, 0) is 54.3 Å². The number of benzene rings is 2. The summed E-state index contributed by atoms with van der Waals surface area (Å²) in [6, 6.07) is 11.8. The number of halogens is 1. The maximum atomic E-state index is 9.96. The molecular weight excluding hydrogens is 412 g/mol. The molecule has 1 atom stereocenters. The van der Waals surface area contributed by atoms with Crippen molar-refractivity contribution in [1.82, 2.24) is 9.97 Å². The highest BCUT2D eigenvalue weighted by Gasteiger charge is 2.35. The zero-order valence-corrected chi connectivity index (χ0v) is 17.8. The Labute approximate surface area is 185 Å². The minimum absolute atomic E-state index is 0.0464. The fourth-order valence-electron chi connectivity index (χ4n) is 4.49. The highest BCUT2D eigenvalue weighted by molar-refractivity contribution is 6.31. The number of nitrogens with one attached hydrogen (secondary N) is 1. The van der Waals surface area contributed by atoms with Gasteiger partial charge in [0.2, 0.25) is 5.95 Å². The lowest BCUT2D eigenvalue weighted by Crippen LogP contribution is -2.23. The van der Waals surface area contributed by atoms with Crippen LogP contribution in [0.1, 0.15) is 35.6 Å². The highest BCUT2D eigenvalue weighted by Crippen LogP contribution is 2.42. The number of rotatable bonds is 4. The van der Waals surface area contributed by atoms with Crippen molar-refractivity contribution in [3.8, 4) is 23.1 Å². The van der Waals surface area contributed by atoms with Gasteiger partial charge in [-0.2, -0.15) is 5.26 Å². The Morgan fingerprint density at radius 1 is 1.29 bits per heavy atom. The lowest BCUT2D eigenvalue weighted by molar-refractivity contribution is 0.206. The molecule has 1 aliphatic carbocycles. The molecule has 0 fully saturated rings. The molecule has 2 heterocycles. The van der Waals surface area contributed by atoms with E-state index in [1.165, 1.54) is 0 Å². The molecule has 6 nitrogen and oxygen atoms in total. The van der Waals surface area contributed by atoms with Gasteiger partial charge in [-0.1, -0.05) is 18.5 Å². The van der Waals surface area contributed by atoms with Gasteiger partial charge in [-0.15, -0.1) is 0 Å². The van der Waals surface area contributed by atoms with Crippen molar-refractivity contribution in [1.29, 1.82) is 5.26 Å². The van der Waals surface area contributed by atoms with Gasteiger partial charge < -0.3 is 15.2 Å². The van der Waals surface area contributed by atoms with Gasteiger partial charge in [0, 0.05) is 34.2 Å². The summed E-state index contributed by atoms with van der Waals surface area (Å²) < 4.78 is 5.75. The maximum absolute atomic E-state index is 9.96. The van der Waals surface area contributed by atoms with Gasteiger partial charge in [0.05, 0.1) is 36.2 Å². The summed E-state index contributed by atoms with van der Waals surface area (Å²) >= 11 is 6.26. The number of hydrogen-bond donors (Lipinski definition) is 2. The lowest BCUT2D eigenvalue weighted by Gasteiger charge is -2.23. The van der Waals surface area contributed by atoms with Crippen molar-refractivity contribution < 1.29 is 9.84 Å². The fraction of sp³-hybridized carbons (Fsp3) is 0.292. The Hall–Kier alpha value is -3.14. The third-order valence-electron chi connectivity index (χ3n) is 6.24. The highest BCUT2D eigenvalue weighted by atomic mass is 35.5. The molecule has 0 radical (unpaired) electrons. The molecule has 0 amide bonds. The molecule has 1 aromatic heterocycles. The summed E-state index contributed by atoms with van der Waals surface area (Å²) in [6.45, 7) is 2.71. The Kier molecular flexibility index (Phi) is 4.81.